The highest BCUT2D eigenvalue weighted by Gasteiger charge is 2.31. The van der Waals surface area contributed by atoms with Gasteiger partial charge in [0.15, 0.2) is 0 Å². The minimum atomic E-state index is 0. The molecule has 5 heteroatoms. The third-order valence-electron chi connectivity index (χ3n) is 2.68. The van der Waals surface area contributed by atoms with Gasteiger partial charge >= 0.3 is 0 Å². The van der Waals surface area contributed by atoms with Gasteiger partial charge in [-0.2, -0.15) is 0 Å². The highest BCUT2D eigenvalue weighted by atomic mass is 35.5. The van der Waals surface area contributed by atoms with Gasteiger partial charge in [-0.05, 0) is 6.07 Å². The van der Waals surface area contributed by atoms with Crippen LogP contribution < -0.4 is 10.9 Å². The Hall–Kier alpha value is -0.670. The van der Waals surface area contributed by atoms with Crippen molar-refractivity contribution in [3.8, 4) is 0 Å². The molecule has 0 spiro atoms. The maximum atomic E-state index is 11.4. The van der Waals surface area contributed by atoms with E-state index >= 15 is 0 Å². The van der Waals surface area contributed by atoms with E-state index in [0.717, 1.165) is 17.9 Å². The number of hydrogen-bond donors (Lipinski definition) is 1. The summed E-state index contributed by atoms with van der Waals surface area (Å²) in [6.45, 7) is 5.19. The molecule has 0 radical (unpaired) electrons. The Bertz CT molecular complexity index is 412. The van der Waals surface area contributed by atoms with Crippen LogP contribution in [0, 0.1) is 0 Å². The number of hydrogen-bond acceptors (Lipinski definition) is 2. The molecule has 1 aromatic heterocycles. The summed E-state index contributed by atoms with van der Waals surface area (Å²) in [6, 6.07) is 3.47. The molecule has 0 fully saturated rings. The van der Waals surface area contributed by atoms with Gasteiger partial charge in [-0.3, -0.25) is 4.79 Å². The second kappa shape index (κ2) is 4.45. The molecule has 0 atom stereocenters. The topological polar surface area (TPSA) is 34.0 Å². The van der Waals surface area contributed by atoms with Crippen molar-refractivity contribution >= 4 is 30.5 Å². The first kappa shape index (κ1) is 14.3. The molecule has 0 saturated heterocycles. The summed E-state index contributed by atoms with van der Waals surface area (Å²) in [6.07, 6.45) is 0. The smallest absolute Gasteiger partial charge is 0.250 e. The predicted molar refractivity (Wildman–Crippen MR) is 67.7 cm³/mol. The van der Waals surface area contributed by atoms with Crippen LogP contribution in [0.3, 0.4) is 0 Å². The van der Waals surface area contributed by atoms with Crippen LogP contribution in [-0.2, 0) is 12.5 Å². The number of anilines is 1. The van der Waals surface area contributed by atoms with E-state index in [9.17, 15) is 4.79 Å². The van der Waals surface area contributed by atoms with Crippen molar-refractivity contribution in [2.75, 3.05) is 11.9 Å². The number of pyridine rings is 1. The first-order chi connectivity index (χ1) is 6.02. The van der Waals surface area contributed by atoms with Crippen LogP contribution in [0.1, 0.15) is 19.5 Å². The SMILES string of the molecule is Cl.Cl.Cn1c2c(ccc1=O)NCC2(C)C. The number of rotatable bonds is 0. The first-order valence-corrected chi connectivity index (χ1v) is 4.47. The highest BCUT2D eigenvalue weighted by molar-refractivity contribution is 5.85. The Kier molecular flexibility index (Phi) is 4.26. The summed E-state index contributed by atoms with van der Waals surface area (Å²) >= 11 is 0. The summed E-state index contributed by atoms with van der Waals surface area (Å²) in [5.74, 6) is 0. The van der Waals surface area contributed by atoms with Crippen molar-refractivity contribution in [2.24, 2.45) is 7.05 Å². The van der Waals surface area contributed by atoms with Crippen molar-refractivity contribution < 1.29 is 0 Å². The summed E-state index contributed by atoms with van der Waals surface area (Å²) in [4.78, 5) is 11.4. The van der Waals surface area contributed by atoms with Crippen molar-refractivity contribution in [3.05, 3.63) is 28.2 Å². The molecule has 0 aliphatic carbocycles. The highest BCUT2D eigenvalue weighted by Crippen LogP contribution is 2.34. The number of fused-ring (bicyclic) bond motifs is 1. The van der Waals surface area contributed by atoms with Gasteiger partial charge in [0.1, 0.15) is 0 Å². The van der Waals surface area contributed by atoms with Crippen molar-refractivity contribution in [1.82, 2.24) is 4.57 Å². The van der Waals surface area contributed by atoms with Crippen LogP contribution in [0.15, 0.2) is 16.9 Å². The fourth-order valence-corrected chi connectivity index (χ4v) is 2.00. The van der Waals surface area contributed by atoms with Crippen LogP contribution in [0.25, 0.3) is 0 Å². The van der Waals surface area contributed by atoms with E-state index in [-0.39, 0.29) is 35.8 Å². The summed E-state index contributed by atoms with van der Waals surface area (Å²) in [5, 5.41) is 3.30. The zero-order valence-electron chi connectivity index (χ0n) is 9.03. The maximum absolute atomic E-state index is 11.4. The lowest BCUT2D eigenvalue weighted by atomic mass is 9.91. The first-order valence-electron chi connectivity index (χ1n) is 4.47. The lowest BCUT2D eigenvalue weighted by Gasteiger charge is -2.19. The van der Waals surface area contributed by atoms with E-state index in [1.165, 1.54) is 0 Å². The zero-order chi connectivity index (χ0) is 9.64. The lowest BCUT2D eigenvalue weighted by Crippen LogP contribution is -2.27. The minimum absolute atomic E-state index is 0. The molecule has 0 saturated carbocycles. The van der Waals surface area contributed by atoms with E-state index < -0.39 is 0 Å². The van der Waals surface area contributed by atoms with Gasteiger partial charge in [0.2, 0.25) is 0 Å². The Morgan fingerprint density at radius 3 is 2.53 bits per heavy atom. The molecular weight excluding hydrogens is 235 g/mol. The Labute approximate surface area is 102 Å². The van der Waals surface area contributed by atoms with Gasteiger partial charge in [-0.25, -0.2) is 0 Å². The van der Waals surface area contributed by atoms with E-state index in [2.05, 4.69) is 19.2 Å². The fourth-order valence-electron chi connectivity index (χ4n) is 2.00. The second-order valence-corrected chi connectivity index (χ2v) is 4.23. The maximum Gasteiger partial charge on any atom is 0.250 e. The number of nitrogens with one attached hydrogen (secondary N) is 1. The summed E-state index contributed by atoms with van der Waals surface area (Å²) < 4.78 is 1.73. The van der Waals surface area contributed by atoms with Crippen LogP contribution in [0.2, 0.25) is 0 Å². The van der Waals surface area contributed by atoms with Gasteiger partial charge in [-0.1, -0.05) is 13.8 Å². The molecule has 3 nitrogen and oxygen atoms in total. The molecule has 1 aromatic rings. The molecule has 86 valence electrons. The van der Waals surface area contributed by atoms with Crippen molar-refractivity contribution in [3.63, 3.8) is 0 Å². The van der Waals surface area contributed by atoms with Gasteiger partial charge in [0, 0.05) is 25.1 Å². The third-order valence-corrected chi connectivity index (χ3v) is 2.68. The van der Waals surface area contributed by atoms with Crippen molar-refractivity contribution in [2.45, 2.75) is 19.3 Å². The molecule has 1 aliphatic heterocycles. The molecule has 0 unspecified atom stereocenters. The fraction of sp³-hybridized carbons (Fsp3) is 0.500. The van der Waals surface area contributed by atoms with Crippen molar-refractivity contribution in [1.29, 1.82) is 0 Å². The summed E-state index contributed by atoms with van der Waals surface area (Å²) in [5.41, 5.74) is 2.33. The van der Waals surface area contributed by atoms with E-state index in [4.69, 9.17) is 0 Å². The van der Waals surface area contributed by atoms with Gasteiger partial charge in [0.05, 0.1) is 11.4 Å². The Morgan fingerprint density at radius 1 is 1.33 bits per heavy atom. The number of aromatic nitrogens is 1. The minimum Gasteiger partial charge on any atom is -0.383 e. The largest absolute Gasteiger partial charge is 0.383 e. The van der Waals surface area contributed by atoms with E-state index in [1.807, 2.05) is 13.1 Å². The van der Waals surface area contributed by atoms with Crippen LogP contribution in [0.5, 0.6) is 0 Å². The standard InChI is InChI=1S/C10H14N2O.2ClH/c1-10(2)6-11-7-4-5-8(13)12(3)9(7)10;;/h4-5,11H,6H2,1-3H3;2*1H. The molecule has 0 aromatic carbocycles. The normalized spacial score (nSPS) is 15.7. The van der Waals surface area contributed by atoms with Crippen LogP contribution in [-0.4, -0.2) is 11.1 Å². The zero-order valence-corrected chi connectivity index (χ0v) is 10.7. The number of halogens is 2. The monoisotopic (exact) mass is 250 g/mol. The predicted octanol–water partition coefficient (Wildman–Crippen LogP) is 1.93. The van der Waals surface area contributed by atoms with Gasteiger partial charge < -0.3 is 9.88 Å². The quantitative estimate of drug-likeness (QED) is 0.764. The van der Waals surface area contributed by atoms with E-state index in [1.54, 1.807) is 10.6 Å². The average Bonchev–Trinajstić information content (AvgIpc) is 2.35. The Morgan fingerprint density at radius 2 is 1.93 bits per heavy atom. The molecule has 1 aliphatic rings. The third kappa shape index (κ3) is 2.13. The molecule has 0 amide bonds. The van der Waals surface area contributed by atoms with Gasteiger partial charge in [0.25, 0.3) is 5.56 Å². The van der Waals surface area contributed by atoms with Crippen LogP contribution >= 0.6 is 24.8 Å². The van der Waals surface area contributed by atoms with Crippen LogP contribution in [0.4, 0.5) is 5.69 Å². The molecular formula is C10H16Cl2N2O. The van der Waals surface area contributed by atoms with Gasteiger partial charge in [-0.15, -0.1) is 24.8 Å². The Balaban J connectivity index is 0.000000980. The molecule has 15 heavy (non-hydrogen) atoms. The second-order valence-electron chi connectivity index (χ2n) is 4.23. The van der Waals surface area contributed by atoms with E-state index in [0.29, 0.717) is 0 Å². The molecule has 2 rings (SSSR count). The number of nitrogens with zero attached hydrogens (tertiary/aromatic N) is 1. The summed E-state index contributed by atoms with van der Waals surface area (Å²) in [7, 11) is 1.83. The lowest BCUT2D eigenvalue weighted by molar-refractivity contribution is 0.536. The molecule has 0 bridgehead atoms. The molecule has 2 heterocycles. The molecule has 1 N–H and O–H groups in total. The average molecular weight is 251 g/mol.